The van der Waals surface area contributed by atoms with Gasteiger partial charge in [0.1, 0.15) is 0 Å². The van der Waals surface area contributed by atoms with Crippen LogP contribution in [-0.2, 0) is 0 Å². The Morgan fingerprint density at radius 1 is 1.08 bits per heavy atom. The quantitative estimate of drug-likeness (QED) is 0.609. The highest BCUT2D eigenvalue weighted by atomic mass is 16.3. The Morgan fingerprint density at radius 2 is 1.33 bits per heavy atom. The topological polar surface area (TPSA) is 23.5 Å². The van der Waals surface area contributed by atoms with Crippen LogP contribution in [0.1, 0.15) is 40.5 Å². The van der Waals surface area contributed by atoms with Gasteiger partial charge < -0.3 is 10.0 Å². The van der Waals surface area contributed by atoms with E-state index in [2.05, 4.69) is 11.9 Å². The van der Waals surface area contributed by atoms with Crippen LogP contribution in [-0.4, -0.2) is 36.2 Å². The third kappa shape index (κ3) is 16.5. The fourth-order valence-corrected chi connectivity index (χ4v) is 0.875. The van der Waals surface area contributed by atoms with Crippen LogP contribution in [0.5, 0.6) is 0 Å². The fourth-order valence-electron chi connectivity index (χ4n) is 0.875. The van der Waals surface area contributed by atoms with Gasteiger partial charge in [-0.25, -0.2) is 0 Å². The van der Waals surface area contributed by atoms with Crippen LogP contribution in [0, 0.1) is 0 Å². The highest BCUT2D eigenvalue weighted by molar-refractivity contribution is 4.59. The first-order valence-electron chi connectivity index (χ1n) is 4.99. The van der Waals surface area contributed by atoms with Gasteiger partial charge in [-0.2, -0.15) is 0 Å². The molecule has 0 aromatic carbocycles. The van der Waals surface area contributed by atoms with Crippen molar-refractivity contribution in [1.29, 1.82) is 0 Å². The summed E-state index contributed by atoms with van der Waals surface area (Å²) < 4.78 is 0. The summed E-state index contributed by atoms with van der Waals surface area (Å²) in [6, 6.07) is 0. The Bertz CT molecular complexity index is 65.5. The van der Waals surface area contributed by atoms with E-state index in [1.807, 2.05) is 13.8 Å². The molecule has 1 fully saturated rings. The summed E-state index contributed by atoms with van der Waals surface area (Å²) in [5.74, 6) is 0. The molecule has 0 bridgehead atoms. The van der Waals surface area contributed by atoms with Gasteiger partial charge in [0.25, 0.3) is 0 Å². The van der Waals surface area contributed by atoms with Crippen LogP contribution < -0.4 is 0 Å². The van der Waals surface area contributed by atoms with Gasteiger partial charge in [-0.15, -0.1) is 0 Å². The Balaban J connectivity index is 0. The number of hydrogen-bond acceptors (Lipinski definition) is 2. The Hall–Kier alpha value is -0.0800. The van der Waals surface area contributed by atoms with Gasteiger partial charge in [-0.1, -0.05) is 13.8 Å². The Morgan fingerprint density at radius 3 is 1.42 bits per heavy atom. The lowest BCUT2D eigenvalue weighted by Gasteiger charge is -2.01. The van der Waals surface area contributed by atoms with E-state index in [9.17, 15) is 0 Å². The molecule has 76 valence electrons. The normalized spacial score (nSPS) is 16.2. The molecule has 0 amide bonds. The second-order valence-corrected chi connectivity index (χ2v) is 3.10. The minimum atomic E-state index is -0.167. The van der Waals surface area contributed by atoms with Crippen molar-refractivity contribution in [3.8, 4) is 0 Å². The molecule has 0 aromatic rings. The summed E-state index contributed by atoms with van der Waals surface area (Å²) in [4.78, 5) is 2.36. The van der Waals surface area contributed by atoms with Gasteiger partial charge in [-0.3, -0.25) is 0 Å². The SMILES string of the molecule is CC.CC(C)O.CN1CCCC1. The fraction of sp³-hybridized carbons (Fsp3) is 1.00. The molecule has 0 aliphatic carbocycles. The molecule has 0 unspecified atom stereocenters. The van der Waals surface area contributed by atoms with E-state index >= 15 is 0 Å². The summed E-state index contributed by atoms with van der Waals surface area (Å²) in [5, 5.41) is 8.06. The molecule has 0 radical (unpaired) electrons. The third-order valence-electron chi connectivity index (χ3n) is 1.33. The monoisotopic (exact) mass is 175 g/mol. The highest BCUT2D eigenvalue weighted by Gasteiger charge is 2.03. The van der Waals surface area contributed by atoms with Crippen LogP contribution in [0.25, 0.3) is 0 Å². The van der Waals surface area contributed by atoms with Crippen LogP contribution >= 0.6 is 0 Å². The molecule has 0 saturated carbocycles. The molecule has 0 spiro atoms. The van der Waals surface area contributed by atoms with E-state index < -0.39 is 0 Å². The third-order valence-corrected chi connectivity index (χ3v) is 1.33. The molecule has 1 aliphatic rings. The van der Waals surface area contributed by atoms with Crippen molar-refractivity contribution in [1.82, 2.24) is 4.90 Å². The zero-order valence-electron chi connectivity index (χ0n) is 9.30. The number of aliphatic hydroxyl groups excluding tert-OH is 1. The standard InChI is InChI=1S/C5H11N.C3H8O.C2H6/c1-6-4-2-3-5-6;1-3(2)4;1-2/h2-5H2,1H3;3-4H,1-2H3;1-2H3. The minimum absolute atomic E-state index is 0.167. The highest BCUT2D eigenvalue weighted by Crippen LogP contribution is 2.01. The van der Waals surface area contributed by atoms with Gasteiger partial charge in [0, 0.05) is 6.10 Å². The second kappa shape index (κ2) is 10.9. The Kier molecular flexibility index (Phi) is 13.1. The maximum Gasteiger partial charge on any atom is 0.0483 e. The molecular formula is C10H25NO. The molecule has 1 aliphatic heterocycles. The molecule has 2 heteroatoms. The number of aliphatic hydroxyl groups is 1. The lowest BCUT2D eigenvalue weighted by atomic mass is 10.4. The molecule has 0 aromatic heterocycles. The van der Waals surface area contributed by atoms with Crippen molar-refractivity contribution in [2.75, 3.05) is 20.1 Å². The minimum Gasteiger partial charge on any atom is -0.394 e. The van der Waals surface area contributed by atoms with Crippen molar-refractivity contribution in [3.63, 3.8) is 0 Å². The molecule has 1 heterocycles. The number of hydrogen-bond donors (Lipinski definition) is 1. The lowest BCUT2D eigenvalue weighted by Crippen LogP contribution is -2.10. The molecule has 1 N–H and O–H groups in total. The van der Waals surface area contributed by atoms with Crippen molar-refractivity contribution in [2.24, 2.45) is 0 Å². The van der Waals surface area contributed by atoms with E-state index in [4.69, 9.17) is 5.11 Å². The summed E-state index contributed by atoms with van der Waals surface area (Å²) in [6.07, 6.45) is 2.66. The number of nitrogens with zero attached hydrogens (tertiary/aromatic N) is 1. The van der Waals surface area contributed by atoms with E-state index in [0.29, 0.717) is 0 Å². The van der Waals surface area contributed by atoms with Crippen molar-refractivity contribution in [3.05, 3.63) is 0 Å². The van der Waals surface area contributed by atoms with E-state index in [-0.39, 0.29) is 6.10 Å². The van der Waals surface area contributed by atoms with E-state index in [1.54, 1.807) is 13.8 Å². The summed E-state index contributed by atoms with van der Waals surface area (Å²) >= 11 is 0. The predicted octanol–water partition coefficient (Wildman–Crippen LogP) is 2.13. The maximum atomic E-state index is 8.06. The average Bonchev–Trinajstić information content (AvgIpc) is 2.43. The Labute approximate surface area is 77.6 Å². The van der Waals surface area contributed by atoms with Gasteiger partial charge in [-0.05, 0) is 46.8 Å². The predicted molar refractivity (Wildman–Crippen MR) is 55.4 cm³/mol. The first-order valence-corrected chi connectivity index (χ1v) is 4.99. The van der Waals surface area contributed by atoms with Crippen LogP contribution in [0.2, 0.25) is 0 Å². The van der Waals surface area contributed by atoms with E-state index in [0.717, 1.165) is 0 Å². The zero-order chi connectivity index (χ0) is 9.98. The van der Waals surface area contributed by atoms with Gasteiger partial charge in [0.15, 0.2) is 0 Å². The number of rotatable bonds is 0. The first kappa shape index (κ1) is 14.4. The van der Waals surface area contributed by atoms with Gasteiger partial charge >= 0.3 is 0 Å². The van der Waals surface area contributed by atoms with Crippen molar-refractivity contribution in [2.45, 2.75) is 46.6 Å². The molecule has 0 atom stereocenters. The van der Waals surface area contributed by atoms with Crippen LogP contribution in [0.4, 0.5) is 0 Å². The summed E-state index contributed by atoms with van der Waals surface area (Å²) in [5.41, 5.74) is 0. The number of likely N-dealkylation sites (tertiary alicyclic amines) is 1. The molecule has 1 saturated heterocycles. The second-order valence-electron chi connectivity index (χ2n) is 3.10. The molecule has 12 heavy (non-hydrogen) atoms. The van der Waals surface area contributed by atoms with Crippen LogP contribution in [0.3, 0.4) is 0 Å². The molecule has 1 rings (SSSR count). The molecule has 2 nitrogen and oxygen atoms in total. The van der Waals surface area contributed by atoms with Crippen LogP contribution in [0.15, 0.2) is 0 Å². The zero-order valence-corrected chi connectivity index (χ0v) is 9.30. The first-order chi connectivity index (χ1) is 5.63. The summed E-state index contributed by atoms with van der Waals surface area (Å²) in [7, 11) is 2.17. The lowest BCUT2D eigenvalue weighted by molar-refractivity contribution is 0.216. The van der Waals surface area contributed by atoms with Gasteiger partial charge in [0.2, 0.25) is 0 Å². The van der Waals surface area contributed by atoms with Crippen molar-refractivity contribution < 1.29 is 5.11 Å². The van der Waals surface area contributed by atoms with Gasteiger partial charge in [0.05, 0.1) is 0 Å². The average molecular weight is 175 g/mol. The van der Waals surface area contributed by atoms with E-state index in [1.165, 1.54) is 25.9 Å². The molecular weight excluding hydrogens is 150 g/mol. The van der Waals surface area contributed by atoms with Crippen molar-refractivity contribution >= 4 is 0 Å². The maximum absolute atomic E-state index is 8.06. The smallest absolute Gasteiger partial charge is 0.0483 e. The largest absolute Gasteiger partial charge is 0.394 e. The summed E-state index contributed by atoms with van der Waals surface area (Å²) in [6.45, 7) is 10.1.